The van der Waals surface area contributed by atoms with Gasteiger partial charge in [-0.1, -0.05) is 26.0 Å². The molecule has 1 aromatic heterocycles. The second kappa shape index (κ2) is 11.8. The van der Waals surface area contributed by atoms with E-state index in [4.69, 9.17) is 9.15 Å². The van der Waals surface area contributed by atoms with Gasteiger partial charge in [0.25, 0.3) is 18.3 Å². The average molecular weight is 592 g/mol. The molecule has 0 aliphatic carbocycles. The molecule has 39 heavy (non-hydrogen) atoms. The monoisotopic (exact) mass is 591 g/mol. The Labute approximate surface area is 225 Å². The van der Waals surface area contributed by atoms with Gasteiger partial charge in [-0.3, -0.25) is 4.79 Å². The van der Waals surface area contributed by atoms with Crippen LogP contribution < -0.4 is 10.0 Å². The lowest BCUT2D eigenvalue weighted by Gasteiger charge is -2.23. The zero-order valence-corrected chi connectivity index (χ0v) is 23.1. The van der Waals surface area contributed by atoms with E-state index in [0.29, 0.717) is 24.3 Å². The predicted molar refractivity (Wildman–Crippen MR) is 138 cm³/mol. The quantitative estimate of drug-likeness (QED) is 0.448. The van der Waals surface area contributed by atoms with Crippen LogP contribution in [0.5, 0.6) is 0 Å². The highest BCUT2D eigenvalue weighted by molar-refractivity contribution is 7.89. The van der Waals surface area contributed by atoms with Gasteiger partial charge in [0.1, 0.15) is 11.5 Å². The second-order valence-electron chi connectivity index (χ2n) is 9.58. The molecule has 4 rings (SSSR count). The molecular weight excluding hydrogens is 560 g/mol. The first-order valence-corrected chi connectivity index (χ1v) is 15.4. The Bertz CT molecular complexity index is 1390. The number of ether oxygens (including phenoxy) is 1. The Morgan fingerprint density at radius 1 is 1.10 bits per heavy atom. The molecule has 0 radical (unpaired) electrons. The van der Waals surface area contributed by atoms with Gasteiger partial charge in [-0.15, -0.1) is 0 Å². The molecule has 2 fully saturated rings. The van der Waals surface area contributed by atoms with Crippen LogP contribution in [0.2, 0.25) is 0 Å². The molecule has 1 atom stereocenters. The van der Waals surface area contributed by atoms with E-state index in [1.807, 2.05) is 18.6 Å². The SMILES string of the molecule is CC(C)c1ccc(C(F)F)cc1Nc1nc(C(=O)NS(=O)(=O)N2CCCN(S(=O)(=O)C3CCOC3)CC2)co1. The second-order valence-corrected chi connectivity index (χ2v) is 13.5. The Morgan fingerprint density at radius 2 is 1.82 bits per heavy atom. The maximum absolute atomic E-state index is 13.2. The number of sulfonamides is 1. The van der Waals surface area contributed by atoms with Crippen molar-refractivity contribution in [3.63, 3.8) is 0 Å². The molecular formula is C23H31F2N5O7S2. The van der Waals surface area contributed by atoms with Crippen molar-refractivity contribution in [1.82, 2.24) is 18.3 Å². The summed E-state index contributed by atoms with van der Waals surface area (Å²) in [6, 6.07) is 3.96. The smallest absolute Gasteiger partial charge is 0.304 e. The molecule has 0 spiro atoms. The number of oxazole rings is 1. The van der Waals surface area contributed by atoms with E-state index in [-0.39, 0.29) is 62.4 Å². The van der Waals surface area contributed by atoms with E-state index >= 15 is 0 Å². The molecule has 2 aliphatic rings. The Hall–Kier alpha value is -2.66. The van der Waals surface area contributed by atoms with E-state index in [1.165, 1.54) is 16.4 Å². The van der Waals surface area contributed by atoms with Gasteiger partial charge < -0.3 is 14.5 Å². The van der Waals surface area contributed by atoms with Crippen molar-refractivity contribution in [2.45, 2.75) is 44.3 Å². The molecule has 2 N–H and O–H groups in total. The number of carbonyl (C=O) groups is 1. The highest BCUT2D eigenvalue weighted by atomic mass is 32.2. The highest BCUT2D eigenvalue weighted by Gasteiger charge is 2.37. The predicted octanol–water partition coefficient (Wildman–Crippen LogP) is 2.58. The van der Waals surface area contributed by atoms with Crippen LogP contribution in [0.3, 0.4) is 0 Å². The van der Waals surface area contributed by atoms with E-state index in [9.17, 15) is 30.4 Å². The minimum Gasteiger partial charge on any atom is -0.431 e. The van der Waals surface area contributed by atoms with Crippen LogP contribution in [0, 0.1) is 0 Å². The molecule has 1 amide bonds. The van der Waals surface area contributed by atoms with Crippen molar-refractivity contribution in [2.24, 2.45) is 0 Å². The average Bonchev–Trinajstić information content (AvgIpc) is 3.51. The molecule has 2 aromatic rings. The summed E-state index contributed by atoms with van der Waals surface area (Å²) < 4.78 is 92.6. The van der Waals surface area contributed by atoms with Crippen LogP contribution in [0.4, 0.5) is 20.5 Å². The summed E-state index contributed by atoms with van der Waals surface area (Å²) in [7, 11) is -7.95. The largest absolute Gasteiger partial charge is 0.431 e. The van der Waals surface area contributed by atoms with Crippen molar-refractivity contribution in [3.8, 4) is 0 Å². The maximum atomic E-state index is 13.2. The Kier molecular flexibility index (Phi) is 8.90. The fourth-order valence-corrected chi connectivity index (χ4v) is 7.39. The fourth-order valence-electron chi connectivity index (χ4n) is 4.43. The molecule has 1 unspecified atom stereocenters. The molecule has 2 aliphatic heterocycles. The molecule has 12 nitrogen and oxygen atoms in total. The number of aromatic nitrogens is 1. The maximum Gasteiger partial charge on any atom is 0.304 e. The molecule has 0 saturated carbocycles. The molecule has 1 aromatic carbocycles. The molecule has 216 valence electrons. The summed E-state index contributed by atoms with van der Waals surface area (Å²) in [5.41, 5.74) is 0.469. The summed E-state index contributed by atoms with van der Waals surface area (Å²) in [6.07, 6.45) is -1.11. The van der Waals surface area contributed by atoms with E-state index in [1.54, 1.807) is 6.07 Å². The van der Waals surface area contributed by atoms with Gasteiger partial charge in [0.2, 0.25) is 10.0 Å². The van der Waals surface area contributed by atoms with E-state index in [0.717, 1.165) is 10.6 Å². The number of nitrogens with zero attached hydrogens (tertiary/aromatic N) is 3. The summed E-state index contributed by atoms with van der Waals surface area (Å²) >= 11 is 0. The Balaban J connectivity index is 1.41. The van der Waals surface area contributed by atoms with Gasteiger partial charge in [-0.2, -0.15) is 17.7 Å². The lowest BCUT2D eigenvalue weighted by atomic mass is 9.99. The van der Waals surface area contributed by atoms with Gasteiger partial charge in [-0.05, 0) is 30.4 Å². The summed E-state index contributed by atoms with van der Waals surface area (Å²) in [6.45, 7) is 4.21. The third-order valence-corrected chi connectivity index (χ3v) is 10.4. The van der Waals surface area contributed by atoms with Crippen molar-refractivity contribution in [3.05, 3.63) is 41.3 Å². The summed E-state index contributed by atoms with van der Waals surface area (Å²) in [4.78, 5) is 16.6. The zero-order chi connectivity index (χ0) is 28.4. The number of rotatable bonds is 9. The first-order chi connectivity index (χ1) is 18.4. The fraction of sp³-hybridized carbons (Fsp3) is 0.565. The van der Waals surface area contributed by atoms with E-state index < -0.39 is 37.8 Å². The highest BCUT2D eigenvalue weighted by Crippen LogP contribution is 2.31. The van der Waals surface area contributed by atoms with Crippen LogP contribution in [0.25, 0.3) is 0 Å². The number of benzene rings is 1. The normalized spacial score (nSPS) is 19.9. The lowest BCUT2D eigenvalue weighted by molar-refractivity contribution is 0.0974. The Morgan fingerprint density at radius 3 is 2.49 bits per heavy atom. The first kappa shape index (κ1) is 29.3. The van der Waals surface area contributed by atoms with Gasteiger partial charge >= 0.3 is 10.2 Å². The topological polar surface area (TPSA) is 151 Å². The third kappa shape index (κ3) is 6.74. The van der Waals surface area contributed by atoms with Crippen molar-refractivity contribution in [1.29, 1.82) is 0 Å². The van der Waals surface area contributed by atoms with Gasteiger partial charge in [-0.25, -0.2) is 26.2 Å². The number of hydrogen-bond acceptors (Lipinski definition) is 9. The number of anilines is 2. The number of nitrogens with one attached hydrogen (secondary N) is 2. The van der Waals surface area contributed by atoms with Gasteiger partial charge in [0, 0.05) is 44.0 Å². The summed E-state index contributed by atoms with van der Waals surface area (Å²) in [5, 5.41) is 2.13. The molecule has 16 heteroatoms. The van der Waals surface area contributed by atoms with Crippen molar-refractivity contribution < 1.29 is 39.6 Å². The third-order valence-electron chi connectivity index (χ3n) is 6.57. The molecule has 2 saturated heterocycles. The van der Waals surface area contributed by atoms with Gasteiger partial charge in [0.05, 0.1) is 6.61 Å². The van der Waals surface area contributed by atoms with Crippen molar-refractivity contribution >= 4 is 37.8 Å². The number of amides is 1. The molecule has 0 bridgehead atoms. The standard InChI is InChI=1S/C23H31F2N5O7S2/c1-15(2)18-5-4-16(21(24)25)12-19(18)26-23-27-20(14-37-23)22(31)28-39(34,35)30-8-3-7-29(9-10-30)38(32,33)17-6-11-36-13-17/h4-5,12,14-15,17,21H,3,6-11,13H2,1-2H3,(H,26,27)(H,28,31). The van der Waals surface area contributed by atoms with Gasteiger partial charge in [0.15, 0.2) is 5.69 Å². The minimum absolute atomic E-state index is 0.0138. The van der Waals surface area contributed by atoms with Crippen LogP contribution in [-0.2, 0) is 25.0 Å². The lowest BCUT2D eigenvalue weighted by Crippen LogP contribution is -2.46. The number of carbonyl (C=O) groups excluding carboxylic acids is 1. The number of alkyl halides is 2. The van der Waals surface area contributed by atoms with Crippen LogP contribution >= 0.6 is 0 Å². The van der Waals surface area contributed by atoms with Crippen LogP contribution in [-0.4, -0.2) is 81.0 Å². The van der Waals surface area contributed by atoms with E-state index in [2.05, 4.69) is 10.3 Å². The van der Waals surface area contributed by atoms with Crippen molar-refractivity contribution in [2.75, 3.05) is 44.7 Å². The van der Waals surface area contributed by atoms with Crippen LogP contribution in [0.15, 0.2) is 28.9 Å². The number of halogens is 2. The zero-order valence-electron chi connectivity index (χ0n) is 21.5. The molecule has 3 heterocycles. The first-order valence-electron chi connectivity index (χ1n) is 12.4. The van der Waals surface area contributed by atoms with Crippen LogP contribution in [0.1, 0.15) is 60.6 Å². The number of hydrogen-bond donors (Lipinski definition) is 2. The summed E-state index contributed by atoms with van der Waals surface area (Å²) in [5.74, 6) is -1.08. The minimum atomic E-state index is -4.32.